The monoisotopic (exact) mass is 364 g/mol. The molecule has 1 unspecified atom stereocenters. The summed E-state index contributed by atoms with van der Waals surface area (Å²) in [6.45, 7) is 0. The van der Waals surface area contributed by atoms with Crippen LogP contribution in [0.15, 0.2) is 119 Å². The third kappa shape index (κ3) is 2.74. The number of hydrogen-bond donors (Lipinski definition) is 2. The molecule has 3 aliphatic rings. The summed E-state index contributed by atoms with van der Waals surface area (Å²) < 4.78 is 0. The Morgan fingerprint density at radius 2 is 1.14 bits per heavy atom. The number of rotatable bonds is 3. The molecule has 0 fully saturated rings. The second-order valence-corrected chi connectivity index (χ2v) is 7.34. The Bertz CT molecular complexity index is 1050. The molecule has 28 heavy (non-hydrogen) atoms. The number of allylic oxidation sites excluding steroid dienone is 12. The molecule has 0 bridgehead atoms. The van der Waals surface area contributed by atoms with Crippen LogP contribution in [0.5, 0.6) is 11.5 Å². The standard InChI is InChI=1S/C26H20O2/c27-21-12-7-19(8-13-21)26(20-9-14-22(28)15-10-20)24-16-11-18-4-1-3-17-5-2-6-23(24)25(17)18/h1-16,25-28H. The van der Waals surface area contributed by atoms with Crippen molar-refractivity contribution in [1.82, 2.24) is 0 Å². The normalized spacial score (nSPS) is 19.5. The van der Waals surface area contributed by atoms with Gasteiger partial charge in [0, 0.05) is 11.8 Å². The summed E-state index contributed by atoms with van der Waals surface area (Å²) in [4.78, 5) is 0. The van der Waals surface area contributed by atoms with E-state index in [1.54, 1.807) is 24.3 Å². The molecule has 2 N–H and O–H groups in total. The van der Waals surface area contributed by atoms with Crippen molar-refractivity contribution in [3.05, 3.63) is 131 Å². The minimum Gasteiger partial charge on any atom is -0.508 e. The summed E-state index contributed by atoms with van der Waals surface area (Å²) in [5.41, 5.74) is 7.40. The lowest BCUT2D eigenvalue weighted by Gasteiger charge is -2.34. The highest BCUT2D eigenvalue weighted by Gasteiger charge is 2.31. The molecule has 1 atom stereocenters. The Kier molecular flexibility index (Phi) is 3.91. The van der Waals surface area contributed by atoms with Crippen LogP contribution in [0.25, 0.3) is 0 Å². The van der Waals surface area contributed by atoms with Crippen molar-refractivity contribution in [1.29, 1.82) is 0 Å². The predicted molar refractivity (Wildman–Crippen MR) is 112 cm³/mol. The van der Waals surface area contributed by atoms with Crippen LogP contribution in [0.1, 0.15) is 17.0 Å². The second kappa shape index (κ2) is 6.58. The van der Waals surface area contributed by atoms with Gasteiger partial charge >= 0.3 is 0 Å². The average molecular weight is 364 g/mol. The van der Waals surface area contributed by atoms with Crippen molar-refractivity contribution in [3.8, 4) is 11.5 Å². The molecule has 0 aliphatic heterocycles. The maximum atomic E-state index is 9.76. The van der Waals surface area contributed by atoms with Gasteiger partial charge in [0.15, 0.2) is 0 Å². The molecule has 2 nitrogen and oxygen atoms in total. The third-order valence-corrected chi connectivity index (χ3v) is 5.67. The van der Waals surface area contributed by atoms with Crippen LogP contribution in [0.4, 0.5) is 0 Å². The SMILES string of the molecule is Oc1ccc(C(C2=C3C=CC=C4C=CC=C(C=C2)C43)c2ccc(O)cc2)cc1. The van der Waals surface area contributed by atoms with E-state index in [9.17, 15) is 10.2 Å². The first-order chi connectivity index (χ1) is 13.7. The van der Waals surface area contributed by atoms with Gasteiger partial charge in [-0.05, 0) is 57.7 Å². The Labute approximate surface area is 164 Å². The molecule has 0 saturated heterocycles. The van der Waals surface area contributed by atoms with E-state index in [2.05, 4.69) is 48.6 Å². The third-order valence-electron chi connectivity index (χ3n) is 5.67. The van der Waals surface area contributed by atoms with Gasteiger partial charge in [-0.3, -0.25) is 0 Å². The highest BCUT2D eigenvalue weighted by atomic mass is 16.3. The minimum atomic E-state index is 0.0175. The van der Waals surface area contributed by atoms with Gasteiger partial charge in [-0.1, -0.05) is 72.9 Å². The molecule has 2 aromatic carbocycles. The van der Waals surface area contributed by atoms with Crippen LogP contribution in [-0.4, -0.2) is 10.2 Å². The zero-order valence-electron chi connectivity index (χ0n) is 15.3. The van der Waals surface area contributed by atoms with Crippen LogP contribution >= 0.6 is 0 Å². The fourth-order valence-corrected chi connectivity index (χ4v) is 4.37. The van der Waals surface area contributed by atoms with Gasteiger partial charge in [0.1, 0.15) is 11.5 Å². The summed E-state index contributed by atoms with van der Waals surface area (Å²) in [7, 11) is 0. The highest BCUT2D eigenvalue weighted by Crippen LogP contribution is 2.46. The molecule has 5 rings (SSSR count). The van der Waals surface area contributed by atoms with E-state index in [4.69, 9.17) is 0 Å². The number of benzene rings is 2. The van der Waals surface area contributed by atoms with E-state index >= 15 is 0 Å². The molecular formula is C26H20O2. The van der Waals surface area contributed by atoms with Crippen LogP contribution in [-0.2, 0) is 0 Å². The molecule has 2 aromatic rings. The second-order valence-electron chi connectivity index (χ2n) is 7.34. The van der Waals surface area contributed by atoms with Crippen LogP contribution < -0.4 is 0 Å². The lowest BCUT2D eigenvalue weighted by atomic mass is 9.70. The Morgan fingerprint density at radius 1 is 0.607 bits per heavy atom. The van der Waals surface area contributed by atoms with Gasteiger partial charge in [0.25, 0.3) is 0 Å². The lowest BCUT2D eigenvalue weighted by molar-refractivity contribution is 0.475. The molecule has 136 valence electrons. The lowest BCUT2D eigenvalue weighted by Crippen LogP contribution is -2.19. The maximum Gasteiger partial charge on any atom is 0.115 e. The summed E-state index contributed by atoms with van der Waals surface area (Å²) in [6.07, 6.45) is 17.4. The minimum absolute atomic E-state index is 0.0175. The molecule has 0 amide bonds. The first-order valence-electron chi connectivity index (χ1n) is 9.47. The Balaban J connectivity index is 1.70. The van der Waals surface area contributed by atoms with E-state index in [0.29, 0.717) is 0 Å². The van der Waals surface area contributed by atoms with Gasteiger partial charge in [0.05, 0.1) is 0 Å². The highest BCUT2D eigenvalue weighted by molar-refractivity contribution is 5.63. The molecule has 0 spiro atoms. The van der Waals surface area contributed by atoms with E-state index < -0.39 is 0 Å². The zero-order valence-corrected chi connectivity index (χ0v) is 15.3. The van der Waals surface area contributed by atoms with Crippen molar-refractivity contribution >= 4 is 0 Å². The van der Waals surface area contributed by atoms with Crippen molar-refractivity contribution in [2.45, 2.75) is 5.92 Å². The quantitative estimate of drug-likeness (QED) is 0.733. The van der Waals surface area contributed by atoms with E-state index in [1.807, 2.05) is 24.3 Å². The fourth-order valence-electron chi connectivity index (χ4n) is 4.37. The van der Waals surface area contributed by atoms with Gasteiger partial charge in [-0.2, -0.15) is 0 Å². The number of phenols is 2. The van der Waals surface area contributed by atoms with Crippen molar-refractivity contribution in [2.75, 3.05) is 0 Å². The topological polar surface area (TPSA) is 40.5 Å². The molecule has 0 aromatic heterocycles. The number of phenolic OH excluding ortho intramolecular Hbond substituents is 2. The molecular weight excluding hydrogens is 344 g/mol. The van der Waals surface area contributed by atoms with E-state index in [-0.39, 0.29) is 23.3 Å². The molecule has 0 radical (unpaired) electrons. The van der Waals surface area contributed by atoms with Crippen molar-refractivity contribution in [3.63, 3.8) is 0 Å². The average Bonchev–Trinajstić information content (AvgIpc) is 2.73. The summed E-state index contributed by atoms with van der Waals surface area (Å²) in [6, 6.07) is 14.8. The molecule has 3 aliphatic carbocycles. The molecule has 0 saturated carbocycles. The van der Waals surface area contributed by atoms with Gasteiger partial charge in [-0.15, -0.1) is 0 Å². The summed E-state index contributed by atoms with van der Waals surface area (Å²) in [5, 5.41) is 19.5. The number of hydrogen-bond acceptors (Lipinski definition) is 2. The van der Waals surface area contributed by atoms with E-state index in [0.717, 1.165) is 11.1 Å². The fraction of sp³-hybridized carbons (Fsp3) is 0.0769. The van der Waals surface area contributed by atoms with Crippen LogP contribution in [0.3, 0.4) is 0 Å². The van der Waals surface area contributed by atoms with E-state index in [1.165, 1.54) is 22.3 Å². The molecule has 2 heteroatoms. The number of aromatic hydroxyl groups is 2. The van der Waals surface area contributed by atoms with Crippen LogP contribution in [0.2, 0.25) is 0 Å². The molecule has 0 heterocycles. The summed E-state index contributed by atoms with van der Waals surface area (Å²) in [5.74, 6) is 0.807. The summed E-state index contributed by atoms with van der Waals surface area (Å²) >= 11 is 0. The smallest absolute Gasteiger partial charge is 0.115 e. The van der Waals surface area contributed by atoms with Gasteiger partial charge in [0.2, 0.25) is 0 Å². The largest absolute Gasteiger partial charge is 0.508 e. The van der Waals surface area contributed by atoms with Crippen molar-refractivity contribution < 1.29 is 10.2 Å². The Hall–Kier alpha value is -3.52. The predicted octanol–water partition coefficient (Wildman–Crippen LogP) is 5.70. The first-order valence-corrected chi connectivity index (χ1v) is 9.47. The maximum absolute atomic E-state index is 9.76. The van der Waals surface area contributed by atoms with Crippen LogP contribution in [0, 0.1) is 5.92 Å². The van der Waals surface area contributed by atoms with Gasteiger partial charge in [-0.25, -0.2) is 0 Å². The zero-order chi connectivity index (χ0) is 19.1. The first kappa shape index (κ1) is 16.6. The van der Waals surface area contributed by atoms with Crippen molar-refractivity contribution in [2.24, 2.45) is 5.92 Å². The van der Waals surface area contributed by atoms with Gasteiger partial charge < -0.3 is 10.2 Å². The Morgan fingerprint density at radius 3 is 1.75 bits per heavy atom.